The van der Waals surface area contributed by atoms with Crippen molar-refractivity contribution in [2.45, 2.75) is 31.2 Å². The number of sulfonamides is 1. The summed E-state index contributed by atoms with van der Waals surface area (Å²) in [6.45, 7) is 6.25. The fourth-order valence-corrected chi connectivity index (χ4v) is 3.41. The number of anilines is 1. The standard InChI is InChI=1S/C13H16N2O2S2/c1-13(2,3)10-5-4-6-11(9-10)15-19(16,17)12-7-8-18-14-12/h4-9,15H,1-3H3. The molecule has 0 saturated heterocycles. The van der Waals surface area contributed by atoms with E-state index in [1.807, 2.05) is 18.2 Å². The molecule has 0 unspecified atom stereocenters. The molecule has 1 aromatic heterocycles. The van der Waals surface area contributed by atoms with Gasteiger partial charge in [0.1, 0.15) is 0 Å². The van der Waals surface area contributed by atoms with Crippen molar-refractivity contribution in [2.24, 2.45) is 0 Å². The van der Waals surface area contributed by atoms with Crippen LogP contribution in [0.3, 0.4) is 0 Å². The molecule has 4 nitrogen and oxygen atoms in total. The number of benzene rings is 1. The van der Waals surface area contributed by atoms with Gasteiger partial charge in [-0.1, -0.05) is 32.9 Å². The highest BCUT2D eigenvalue weighted by atomic mass is 32.2. The summed E-state index contributed by atoms with van der Waals surface area (Å²) in [5.74, 6) is 0. The molecule has 1 heterocycles. The fourth-order valence-electron chi connectivity index (χ4n) is 1.60. The van der Waals surface area contributed by atoms with Crippen molar-refractivity contribution in [3.8, 4) is 0 Å². The summed E-state index contributed by atoms with van der Waals surface area (Å²) in [7, 11) is -3.58. The summed E-state index contributed by atoms with van der Waals surface area (Å²) in [5.41, 5.74) is 1.61. The molecule has 0 bridgehead atoms. The Labute approximate surface area is 117 Å². The predicted octanol–water partition coefficient (Wildman–Crippen LogP) is 3.24. The normalized spacial score (nSPS) is 12.4. The van der Waals surface area contributed by atoms with E-state index < -0.39 is 10.0 Å². The van der Waals surface area contributed by atoms with Gasteiger partial charge in [-0.05, 0) is 40.7 Å². The SMILES string of the molecule is CC(C)(C)c1cccc(NS(=O)(=O)c2ccsn2)c1. The smallest absolute Gasteiger partial charge is 0.278 e. The van der Waals surface area contributed by atoms with Crippen molar-refractivity contribution < 1.29 is 8.42 Å². The molecule has 102 valence electrons. The fraction of sp³-hybridized carbons (Fsp3) is 0.308. The van der Waals surface area contributed by atoms with E-state index in [4.69, 9.17) is 0 Å². The molecule has 2 rings (SSSR count). The number of rotatable bonds is 3. The van der Waals surface area contributed by atoms with E-state index in [0.29, 0.717) is 5.69 Å². The molecule has 0 atom stereocenters. The van der Waals surface area contributed by atoms with E-state index >= 15 is 0 Å². The van der Waals surface area contributed by atoms with Crippen LogP contribution in [0.5, 0.6) is 0 Å². The molecule has 0 spiro atoms. The summed E-state index contributed by atoms with van der Waals surface area (Å²) in [6, 6.07) is 8.91. The molecule has 0 amide bonds. The third-order valence-electron chi connectivity index (χ3n) is 2.67. The Balaban J connectivity index is 2.30. The summed E-state index contributed by atoms with van der Waals surface area (Å²) in [5, 5.41) is 1.69. The lowest BCUT2D eigenvalue weighted by atomic mass is 9.87. The van der Waals surface area contributed by atoms with Crippen LogP contribution >= 0.6 is 11.5 Å². The minimum Gasteiger partial charge on any atom is -0.278 e. The highest BCUT2D eigenvalue weighted by Gasteiger charge is 2.18. The van der Waals surface area contributed by atoms with Crippen molar-refractivity contribution in [1.82, 2.24) is 4.37 Å². The lowest BCUT2D eigenvalue weighted by Crippen LogP contribution is -2.15. The molecule has 0 aliphatic rings. The Kier molecular flexibility index (Phi) is 3.64. The van der Waals surface area contributed by atoms with Crippen LogP contribution in [0.15, 0.2) is 40.7 Å². The minimum atomic E-state index is -3.58. The molecule has 0 aliphatic carbocycles. The van der Waals surface area contributed by atoms with E-state index in [1.54, 1.807) is 11.4 Å². The summed E-state index contributed by atoms with van der Waals surface area (Å²) in [4.78, 5) is 0. The second-order valence-corrected chi connectivity index (χ2v) is 7.57. The van der Waals surface area contributed by atoms with Gasteiger partial charge in [0.25, 0.3) is 10.0 Å². The molecule has 1 aromatic carbocycles. The van der Waals surface area contributed by atoms with Gasteiger partial charge in [0, 0.05) is 11.1 Å². The molecule has 0 saturated carbocycles. The van der Waals surface area contributed by atoms with Crippen molar-refractivity contribution in [1.29, 1.82) is 0 Å². The van der Waals surface area contributed by atoms with Gasteiger partial charge in [0.15, 0.2) is 5.03 Å². The highest BCUT2D eigenvalue weighted by Crippen LogP contribution is 2.25. The Morgan fingerprint density at radius 2 is 1.95 bits per heavy atom. The second-order valence-electron chi connectivity index (χ2n) is 5.27. The number of aromatic nitrogens is 1. The van der Waals surface area contributed by atoms with Gasteiger partial charge < -0.3 is 0 Å². The van der Waals surface area contributed by atoms with Crippen LogP contribution in [0.4, 0.5) is 5.69 Å². The Morgan fingerprint density at radius 3 is 2.53 bits per heavy atom. The first-order valence-corrected chi connectivity index (χ1v) is 8.15. The first kappa shape index (κ1) is 14.0. The molecule has 19 heavy (non-hydrogen) atoms. The number of hydrogen-bond donors (Lipinski definition) is 1. The van der Waals surface area contributed by atoms with Gasteiger partial charge in [0.05, 0.1) is 0 Å². The third-order valence-corrected chi connectivity index (χ3v) is 4.63. The van der Waals surface area contributed by atoms with Crippen LogP contribution in [-0.4, -0.2) is 12.8 Å². The maximum absolute atomic E-state index is 12.1. The van der Waals surface area contributed by atoms with Crippen LogP contribution in [0, 0.1) is 0 Å². The van der Waals surface area contributed by atoms with Gasteiger partial charge in [-0.25, -0.2) is 0 Å². The van der Waals surface area contributed by atoms with E-state index in [2.05, 4.69) is 29.9 Å². The molecule has 2 aromatic rings. The highest BCUT2D eigenvalue weighted by molar-refractivity contribution is 7.92. The van der Waals surface area contributed by atoms with Crippen molar-refractivity contribution in [3.63, 3.8) is 0 Å². The lowest BCUT2D eigenvalue weighted by Gasteiger charge is -2.19. The average molecular weight is 296 g/mol. The van der Waals surface area contributed by atoms with Crippen molar-refractivity contribution >= 4 is 27.2 Å². The quantitative estimate of drug-likeness (QED) is 0.946. The molecular weight excluding hydrogens is 280 g/mol. The Bertz CT molecular complexity index is 656. The largest absolute Gasteiger partial charge is 0.280 e. The van der Waals surface area contributed by atoms with Gasteiger partial charge in [0.2, 0.25) is 0 Å². The average Bonchev–Trinajstić information content (AvgIpc) is 2.81. The van der Waals surface area contributed by atoms with Crippen LogP contribution < -0.4 is 4.72 Å². The number of nitrogens with one attached hydrogen (secondary N) is 1. The van der Waals surface area contributed by atoms with Crippen LogP contribution in [0.1, 0.15) is 26.3 Å². The zero-order valence-electron chi connectivity index (χ0n) is 11.0. The van der Waals surface area contributed by atoms with E-state index in [9.17, 15) is 8.42 Å². The Hall–Kier alpha value is -1.40. The molecular formula is C13H16N2O2S2. The molecule has 6 heteroatoms. The maximum atomic E-state index is 12.1. The molecule has 0 fully saturated rings. The van der Waals surface area contributed by atoms with Crippen molar-refractivity contribution in [3.05, 3.63) is 41.3 Å². The Morgan fingerprint density at radius 1 is 1.21 bits per heavy atom. The maximum Gasteiger partial charge on any atom is 0.280 e. The molecule has 0 aliphatic heterocycles. The predicted molar refractivity (Wildman–Crippen MR) is 78.1 cm³/mol. The zero-order valence-corrected chi connectivity index (χ0v) is 12.7. The number of nitrogens with zero attached hydrogens (tertiary/aromatic N) is 1. The summed E-state index contributed by atoms with van der Waals surface area (Å²) < 4.78 is 30.5. The van der Waals surface area contributed by atoms with Gasteiger partial charge in [-0.3, -0.25) is 4.72 Å². The lowest BCUT2D eigenvalue weighted by molar-refractivity contribution is 0.589. The number of hydrogen-bond acceptors (Lipinski definition) is 4. The first-order valence-electron chi connectivity index (χ1n) is 5.83. The van der Waals surface area contributed by atoms with Gasteiger partial charge >= 0.3 is 0 Å². The molecule has 1 N–H and O–H groups in total. The summed E-state index contributed by atoms with van der Waals surface area (Å²) in [6.07, 6.45) is 0. The summed E-state index contributed by atoms with van der Waals surface area (Å²) >= 11 is 1.12. The van der Waals surface area contributed by atoms with Crippen LogP contribution in [0.25, 0.3) is 0 Å². The third kappa shape index (κ3) is 3.33. The van der Waals surface area contributed by atoms with E-state index in [-0.39, 0.29) is 10.4 Å². The van der Waals surface area contributed by atoms with Crippen LogP contribution in [-0.2, 0) is 15.4 Å². The molecule has 0 radical (unpaired) electrons. The minimum absolute atomic E-state index is 0.0257. The van der Waals surface area contributed by atoms with Gasteiger partial charge in [-0.15, -0.1) is 0 Å². The van der Waals surface area contributed by atoms with E-state index in [0.717, 1.165) is 17.1 Å². The monoisotopic (exact) mass is 296 g/mol. The van der Waals surface area contributed by atoms with E-state index in [1.165, 1.54) is 6.07 Å². The topological polar surface area (TPSA) is 59.1 Å². The second kappa shape index (κ2) is 4.94. The van der Waals surface area contributed by atoms with Crippen molar-refractivity contribution in [2.75, 3.05) is 4.72 Å². The van der Waals surface area contributed by atoms with Crippen LogP contribution in [0.2, 0.25) is 0 Å². The van der Waals surface area contributed by atoms with Gasteiger partial charge in [-0.2, -0.15) is 12.8 Å². The zero-order chi connectivity index (χ0) is 14.1. The first-order chi connectivity index (χ1) is 8.79.